The van der Waals surface area contributed by atoms with Crippen molar-refractivity contribution in [2.75, 3.05) is 12.3 Å². The van der Waals surface area contributed by atoms with Crippen molar-refractivity contribution in [3.8, 4) is 0 Å². The lowest BCUT2D eigenvalue weighted by molar-refractivity contribution is -0.132. The van der Waals surface area contributed by atoms with E-state index in [-0.39, 0.29) is 11.6 Å². The topological polar surface area (TPSA) is 71.0 Å². The fourth-order valence-electron chi connectivity index (χ4n) is 2.89. The molecule has 1 amide bonds. The van der Waals surface area contributed by atoms with Crippen LogP contribution < -0.4 is 5.69 Å². The molecule has 0 aliphatic carbocycles. The Balaban J connectivity index is 1.94. The van der Waals surface area contributed by atoms with Gasteiger partial charge in [0.15, 0.2) is 5.16 Å². The van der Waals surface area contributed by atoms with Gasteiger partial charge in [0.2, 0.25) is 5.91 Å². The number of thioether (sulfide) groups is 1. The molecule has 124 valence electrons. The Morgan fingerprint density at radius 3 is 2.95 bits per heavy atom. The van der Waals surface area contributed by atoms with Gasteiger partial charge in [-0.3, -0.25) is 9.36 Å². The molecule has 0 saturated carbocycles. The Morgan fingerprint density at radius 2 is 2.23 bits per heavy atom. The molecule has 1 aliphatic heterocycles. The molecule has 7 heteroatoms. The number of rotatable bonds is 7. The van der Waals surface area contributed by atoms with Crippen LogP contribution in [0.2, 0.25) is 0 Å². The lowest BCUT2D eigenvalue weighted by Crippen LogP contribution is -2.44. The molecule has 22 heavy (non-hydrogen) atoms. The van der Waals surface area contributed by atoms with Gasteiger partial charge in [0, 0.05) is 19.1 Å². The standard InChI is InChI=1S/C15H26N4O2S/c1-3-5-9-19-14(21)16-17-15(19)22-11-13(20)18-10-7-6-8-12(18)4-2/h12H,3-11H2,1-2H3,(H,16,21). The van der Waals surface area contributed by atoms with Gasteiger partial charge in [-0.1, -0.05) is 32.0 Å². The van der Waals surface area contributed by atoms with Crippen LogP contribution in [-0.2, 0) is 11.3 Å². The minimum absolute atomic E-state index is 0.161. The number of amides is 1. The first kappa shape index (κ1) is 17.1. The molecule has 1 aromatic rings. The zero-order valence-corrected chi connectivity index (χ0v) is 14.3. The van der Waals surface area contributed by atoms with Crippen molar-refractivity contribution in [2.24, 2.45) is 0 Å². The number of likely N-dealkylation sites (tertiary alicyclic amines) is 1. The van der Waals surface area contributed by atoms with Gasteiger partial charge in [-0.25, -0.2) is 9.89 Å². The number of piperidine rings is 1. The predicted octanol–water partition coefficient (Wildman–Crippen LogP) is 2.25. The number of aromatic nitrogens is 3. The van der Waals surface area contributed by atoms with Crippen LogP contribution in [0.25, 0.3) is 0 Å². The van der Waals surface area contributed by atoms with Gasteiger partial charge in [0.05, 0.1) is 5.75 Å². The average Bonchev–Trinajstić information content (AvgIpc) is 2.90. The van der Waals surface area contributed by atoms with E-state index in [4.69, 9.17) is 0 Å². The van der Waals surface area contributed by atoms with E-state index >= 15 is 0 Å². The number of hydrogen-bond acceptors (Lipinski definition) is 4. The number of aromatic amines is 1. The second kappa shape index (κ2) is 8.41. The second-order valence-corrected chi connectivity index (χ2v) is 6.69. The summed E-state index contributed by atoms with van der Waals surface area (Å²) in [6, 6.07) is 0.378. The summed E-state index contributed by atoms with van der Waals surface area (Å²) in [5.41, 5.74) is -0.187. The van der Waals surface area contributed by atoms with Crippen LogP contribution in [0.3, 0.4) is 0 Å². The number of hydrogen-bond donors (Lipinski definition) is 1. The van der Waals surface area contributed by atoms with Crippen LogP contribution >= 0.6 is 11.8 Å². The van der Waals surface area contributed by atoms with E-state index in [0.29, 0.717) is 23.5 Å². The van der Waals surface area contributed by atoms with Gasteiger partial charge < -0.3 is 4.90 Å². The van der Waals surface area contributed by atoms with E-state index in [2.05, 4.69) is 24.0 Å². The molecule has 6 nitrogen and oxygen atoms in total. The molecule has 1 saturated heterocycles. The summed E-state index contributed by atoms with van der Waals surface area (Å²) in [5, 5.41) is 7.15. The summed E-state index contributed by atoms with van der Waals surface area (Å²) in [7, 11) is 0. The fraction of sp³-hybridized carbons (Fsp3) is 0.800. The van der Waals surface area contributed by atoms with Gasteiger partial charge in [-0.05, 0) is 32.1 Å². The number of carbonyl (C=O) groups excluding carboxylic acids is 1. The number of carbonyl (C=O) groups is 1. The molecule has 2 rings (SSSR count). The molecule has 0 bridgehead atoms. The van der Waals surface area contributed by atoms with Gasteiger partial charge in [-0.15, -0.1) is 5.10 Å². The van der Waals surface area contributed by atoms with E-state index in [0.717, 1.165) is 38.6 Å². The largest absolute Gasteiger partial charge is 0.343 e. The van der Waals surface area contributed by atoms with Crippen LogP contribution in [0.4, 0.5) is 0 Å². The molecule has 1 aromatic heterocycles. The minimum Gasteiger partial charge on any atom is -0.339 e. The number of nitrogens with zero attached hydrogens (tertiary/aromatic N) is 3. The Kier molecular flexibility index (Phi) is 6.54. The molecule has 2 heterocycles. The summed E-state index contributed by atoms with van der Waals surface area (Å²) >= 11 is 1.36. The molecule has 1 fully saturated rings. The third-order valence-electron chi connectivity index (χ3n) is 4.20. The highest BCUT2D eigenvalue weighted by atomic mass is 32.2. The first-order valence-corrected chi connectivity index (χ1v) is 9.23. The summed E-state index contributed by atoms with van der Waals surface area (Å²) < 4.78 is 1.63. The zero-order chi connectivity index (χ0) is 15.9. The van der Waals surface area contributed by atoms with E-state index < -0.39 is 0 Å². The third-order valence-corrected chi connectivity index (χ3v) is 5.16. The smallest absolute Gasteiger partial charge is 0.339 e. The first-order valence-electron chi connectivity index (χ1n) is 8.24. The normalized spacial score (nSPS) is 18.6. The van der Waals surface area contributed by atoms with Crippen molar-refractivity contribution < 1.29 is 4.79 Å². The molecule has 1 atom stereocenters. The molecule has 0 radical (unpaired) electrons. The zero-order valence-electron chi connectivity index (χ0n) is 13.5. The molecule has 1 aliphatic rings. The molecular weight excluding hydrogens is 300 g/mol. The van der Waals surface area contributed by atoms with Crippen molar-refractivity contribution in [3.05, 3.63) is 10.5 Å². The number of nitrogens with one attached hydrogen (secondary N) is 1. The van der Waals surface area contributed by atoms with E-state index in [1.165, 1.54) is 18.2 Å². The first-order chi connectivity index (χ1) is 10.7. The van der Waals surface area contributed by atoms with Crippen molar-refractivity contribution >= 4 is 17.7 Å². The molecular formula is C15H26N4O2S. The van der Waals surface area contributed by atoms with Crippen LogP contribution in [0.15, 0.2) is 9.95 Å². The molecule has 1 N–H and O–H groups in total. The molecule has 1 unspecified atom stereocenters. The van der Waals surface area contributed by atoms with Gasteiger partial charge in [-0.2, -0.15) is 0 Å². The van der Waals surface area contributed by atoms with Gasteiger partial charge >= 0.3 is 5.69 Å². The quantitative estimate of drug-likeness (QED) is 0.780. The molecule has 0 spiro atoms. The van der Waals surface area contributed by atoms with Crippen LogP contribution in [0, 0.1) is 0 Å². The van der Waals surface area contributed by atoms with Crippen molar-refractivity contribution in [1.82, 2.24) is 19.7 Å². The Morgan fingerprint density at radius 1 is 1.41 bits per heavy atom. The van der Waals surface area contributed by atoms with Crippen molar-refractivity contribution in [3.63, 3.8) is 0 Å². The van der Waals surface area contributed by atoms with E-state index in [1.807, 2.05) is 4.90 Å². The maximum atomic E-state index is 12.5. The highest BCUT2D eigenvalue weighted by Gasteiger charge is 2.25. The van der Waals surface area contributed by atoms with Crippen molar-refractivity contribution in [2.45, 2.75) is 70.1 Å². The van der Waals surface area contributed by atoms with E-state index in [9.17, 15) is 9.59 Å². The third kappa shape index (κ3) is 4.15. The number of H-pyrrole nitrogens is 1. The van der Waals surface area contributed by atoms with Gasteiger partial charge in [0.25, 0.3) is 0 Å². The maximum Gasteiger partial charge on any atom is 0.343 e. The van der Waals surface area contributed by atoms with Crippen LogP contribution in [-0.4, -0.2) is 43.9 Å². The van der Waals surface area contributed by atoms with Crippen molar-refractivity contribution in [1.29, 1.82) is 0 Å². The van der Waals surface area contributed by atoms with Crippen LogP contribution in [0.1, 0.15) is 52.4 Å². The Labute approximate surface area is 135 Å². The lowest BCUT2D eigenvalue weighted by atomic mass is 10.0. The maximum absolute atomic E-state index is 12.5. The SMILES string of the molecule is CCCCn1c(SCC(=O)N2CCCCC2CC)n[nH]c1=O. The van der Waals surface area contributed by atoms with E-state index in [1.54, 1.807) is 4.57 Å². The second-order valence-electron chi connectivity index (χ2n) is 5.75. The Bertz CT molecular complexity index is 540. The predicted molar refractivity (Wildman–Crippen MR) is 88.1 cm³/mol. The number of unbranched alkanes of at least 4 members (excludes halogenated alkanes) is 1. The minimum atomic E-state index is -0.187. The highest BCUT2D eigenvalue weighted by molar-refractivity contribution is 7.99. The average molecular weight is 326 g/mol. The fourth-order valence-corrected chi connectivity index (χ4v) is 3.75. The summed E-state index contributed by atoms with van der Waals surface area (Å²) in [4.78, 5) is 26.2. The lowest BCUT2D eigenvalue weighted by Gasteiger charge is -2.35. The van der Waals surface area contributed by atoms with Crippen LogP contribution in [0.5, 0.6) is 0 Å². The Hall–Kier alpha value is -1.24. The van der Waals surface area contributed by atoms with Gasteiger partial charge in [0.1, 0.15) is 0 Å². The molecule has 0 aromatic carbocycles. The highest BCUT2D eigenvalue weighted by Crippen LogP contribution is 2.22. The summed E-state index contributed by atoms with van der Waals surface area (Å²) in [6.07, 6.45) is 6.38. The monoisotopic (exact) mass is 326 g/mol. The summed E-state index contributed by atoms with van der Waals surface area (Å²) in [6.45, 7) is 5.74. The summed E-state index contributed by atoms with van der Waals surface area (Å²) in [5.74, 6) is 0.515.